The molecule has 3 fully saturated rings. The molecule has 3 aliphatic rings. The summed E-state index contributed by atoms with van der Waals surface area (Å²) in [5.74, 6) is 1.94. The van der Waals surface area contributed by atoms with Gasteiger partial charge in [-0.25, -0.2) is 4.99 Å². The predicted octanol–water partition coefficient (Wildman–Crippen LogP) is 1.27. The second-order valence-electron chi connectivity index (χ2n) is 8.66. The maximum atomic E-state index is 6.01. The van der Waals surface area contributed by atoms with Crippen molar-refractivity contribution >= 4 is 5.96 Å². The monoisotopic (exact) mass is 445 g/mol. The average Bonchev–Trinajstić information content (AvgIpc) is 3.34. The van der Waals surface area contributed by atoms with Gasteiger partial charge in [0.15, 0.2) is 5.96 Å². The van der Waals surface area contributed by atoms with Gasteiger partial charge in [0, 0.05) is 58.4 Å². The van der Waals surface area contributed by atoms with Crippen LogP contribution in [-0.4, -0.2) is 112 Å². The maximum absolute atomic E-state index is 6.01. The molecule has 1 N–H and O–H groups in total. The Morgan fingerprint density at radius 3 is 2.66 bits per heavy atom. The first-order chi connectivity index (χ1) is 15.8. The zero-order chi connectivity index (χ0) is 22.0. The topological polar surface area (TPSA) is 61.8 Å². The summed E-state index contributed by atoms with van der Waals surface area (Å²) in [5, 5.41) is 3.49. The van der Waals surface area contributed by atoms with Gasteiger partial charge in [0.1, 0.15) is 12.4 Å². The summed E-state index contributed by atoms with van der Waals surface area (Å²) in [5.41, 5.74) is 1.17. The lowest BCUT2D eigenvalue weighted by Gasteiger charge is -2.32. The number of benzene rings is 1. The van der Waals surface area contributed by atoms with Crippen LogP contribution in [0, 0.1) is 0 Å². The summed E-state index contributed by atoms with van der Waals surface area (Å²) in [6.07, 6.45) is 1.19. The molecule has 1 aromatic rings. The van der Waals surface area contributed by atoms with Crippen LogP contribution in [0.3, 0.4) is 0 Å². The Morgan fingerprint density at radius 1 is 1.09 bits per heavy atom. The van der Waals surface area contributed by atoms with Crippen molar-refractivity contribution in [3.05, 3.63) is 29.8 Å². The Balaban J connectivity index is 1.28. The number of likely N-dealkylation sites (tertiary alicyclic amines) is 1. The molecule has 178 valence electrons. The summed E-state index contributed by atoms with van der Waals surface area (Å²) >= 11 is 0. The van der Waals surface area contributed by atoms with Gasteiger partial charge in [0.05, 0.1) is 33.0 Å². The van der Waals surface area contributed by atoms with Crippen molar-refractivity contribution in [2.24, 2.45) is 4.99 Å². The lowest BCUT2D eigenvalue weighted by molar-refractivity contribution is 0.0195. The van der Waals surface area contributed by atoms with E-state index in [1.54, 1.807) is 0 Å². The number of ether oxygens (including phenoxy) is 3. The first kappa shape index (κ1) is 23.3. The zero-order valence-electron chi connectivity index (χ0n) is 19.5. The van der Waals surface area contributed by atoms with Crippen LogP contribution in [-0.2, 0) is 16.0 Å². The summed E-state index contributed by atoms with van der Waals surface area (Å²) < 4.78 is 16.9. The van der Waals surface area contributed by atoms with Crippen molar-refractivity contribution in [2.45, 2.75) is 25.9 Å². The zero-order valence-corrected chi connectivity index (χ0v) is 19.5. The fraction of sp³-hybridized carbons (Fsp3) is 0.708. The van der Waals surface area contributed by atoms with E-state index in [4.69, 9.17) is 19.2 Å². The van der Waals surface area contributed by atoms with Gasteiger partial charge in [-0.05, 0) is 31.0 Å². The molecule has 1 unspecified atom stereocenters. The summed E-state index contributed by atoms with van der Waals surface area (Å²) in [7, 11) is 0. The van der Waals surface area contributed by atoms with Crippen LogP contribution in [0.5, 0.6) is 5.75 Å². The molecule has 1 aromatic carbocycles. The van der Waals surface area contributed by atoms with Gasteiger partial charge in [0.25, 0.3) is 0 Å². The first-order valence-corrected chi connectivity index (χ1v) is 12.2. The fourth-order valence-corrected chi connectivity index (χ4v) is 4.62. The van der Waals surface area contributed by atoms with Crippen LogP contribution in [0.1, 0.15) is 18.9 Å². The molecule has 0 spiro atoms. The summed E-state index contributed by atoms with van der Waals surface area (Å²) in [6, 6.07) is 8.94. The van der Waals surface area contributed by atoms with Crippen LogP contribution in [0.15, 0.2) is 29.3 Å². The van der Waals surface area contributed by atoms with E-state index in [9.17, 15) is 0 Å². The average molecular weight is 446 g/mol. The van der Waals surface area contributed by atoms with E-state index in [0.717, 1.165) is 90.5 Å². The standard InChI is InChI=1S/C24H39N5O3/c1-2-25-24(29-7-6-22(20-29)28-11-15-31-16-12-28)26-19-21-4-3-5-23(18-21)32-17-10-27-8-13-30-14-9-27/h3-5,18,22H,2,6-17,19-20H2,1H3,(H,25,26). The maximum Gasteiger partial charge on any atom is 0.194 e. The minimum absolute atomic E-state index is 0.603. The van der Waals surface area contributed by atoms with E-state index < -0.39 is 0 Å². The third-order valence-electron chi connectivity index (χ3n) is 6.45. The second kappa shape index (κ2) is 12.4. The van der Waals surface area contributed by atoms with E-state index in [1.807, 2.05) is 6.07 Å². The molecule has 0 aliphatic carbocycles. The Bertz CT molecular complexity index is 719. The van der Waals surface area contributed by atoms with Crippen LogP contribution >= 0.6 is 0 Å². The highest BCUT2D eigenvalue weighted by Gasteiger charge is 2.30. The molecular formula is C24H39N5O3. The molecule has 0 radical (unpaired) electrons. The predicted molar refractivity (Wildman–Crippen MR) is 126 cm³/mol. The molecule has 4 rings (SSSR count). The highest BCUT2D eigenvalue weighted by Crippen LogP contribution is 2.18. The molecule has 0 saturated carbocycles. The van der Waals surface area contributed by atoms with E-state index in [0.29, 0.717) is 19.2 Å². The molecular weight excluding hydrogens is 406 g/mol. The molecule has 3 saturated heterocycles. The number of guanidine groups is 1. The minimum Gasteiger partial charge on any atom is -0.492 e. The number of aliphatic imine (C=N–C) groups is 1. The summed E-state index contributed by atoms with van der Waals surface area (Å²) in [4.78, 5) is 12.3. The largest absolute Gasteiger partial charge is 0.492 e. The molecule has 8 nitrogen and oxygen atoms in total. The van der Waals surface area contributed by atoms with Gasteiger partial charge in [0.2, 0.25) is 0 Å². The van der Waals surface area contributed by atoms with Crippen molar-refractivity contribution < 1.29 is 14.2 Å². The Hall–Kier alpha value is -1.87. The summed E-state index contributed by atoms with van der Waals surface area (Å²) in [6.45, 7) is 14.8. The van der Waals surface area contributed by atoms with Gasteiger partial charge < -0.3 is 24.4 Å². The van der Waals surface area contributed by atoms with Gasteiger partial charge >= 0.3 is 0 Å². The van der Waals surface area contributed by atoms with E-state index in [-0.39, 0.29) is 0 Å². The Kier molecular flexibility index (Phi) is 9.02. The molecule has 8 heteroatoms. The molecule has 3 aliphatic heterocycles. The van der Waals surface area contributed by atoms with Crippen molar-refractivity contribution in [3.8, 4) is 5.75 Å². The van der Waals surface area contributed by atoms with E-state index in [2.05, 4.69) is 45.1 Å². The third kappa shape index (κ3) is 6.81. The van der Waals surface area contributed by atoms with Crippen molar-refractivity contribution in [1.82, 2.24) is 20.0 Å². The van der Waals surface area contributed by atoms with Gasteiger partial charge in [-0.1, -0.05) is 12.1 Å². The Labute approximate surface area is 192 Å². The first-order valence-electron chi connectivity index (χ1n) is 12.2. The van der Waals surface area contributed by atoms with E-state index >= 15 is 0 Å². The lowest BCUT2D eigenvalue weighted by Crippen LogP contribution is -2.46. The second-order valence-corrected chi connectivity index (χ2v) is 8.66. The highest BCUT2D eigenvalue weighted by atomic mass is 16.5. The highest BCUT2D eigenvalue weighted by molar-refractivity contribution is 5.80. The van der Waals surface area contributed by atoms with Gasteiger partial charge in [-0.15, -0.1) is 0 Å². The lowest BCUT2D eigenvalue weighted by atomic mass is 10.2. The molecule has 32 heavy (non-hydrogen) atoms. The fourth-order valence-electron chi connectivity index (χ4n) is 4.62. The molecule has 0 amide bonds. The van der Waals surface area contributed by atoms with Crippen molar-refractivity contribution in [1.29, 1.82) is 0 Å². The van der Waals surface area contributed by atoms with Crippen LogP contribution in [0.2, 0.25) is 0 Å². The van der Waals surface area contributed by atoms with E-state index in [1.165, 1.54) is 12.0 Å². The Morgan fingerprint density at radius 2 is 1.88 bits per heavy atom. The number of nitrogens with zero attached hydrogens (tertiary/aromatic N) is 4. The van der Waals surface area contributed by atoms with Crippen LogP contribution < -0.4 is 10.1 Å². The quantitative estimate of drug-likeness (QED) is 0.478. The minimum atomic E-state index is 0.603. The SMILES string of the molecule is CCNC(=NCc1cccc(OCCN2CCOCC2)c1)N1CCC(N2CCOCC2)C1. The number of nitrogens with one attached hydrogen (secondary N) is 1. The molecule has 0 bridgehead atoms. The number of morpholine rings is 2. The van der Waals surface area contributed by atoms with Crippen LogP contribution in [0.4, 0.5) is 0 Å². The molecule has 1 atom stereocenters. The van der Waals surface area contributed by atoms with Crippen molar-refractivity contribution in [2.75, 3.05) is 85.4 Å². The van der Waals surface area contributed by atoms with Crippen molar-refractivity contribution in [3.63, 3.8) is 0 Å². The third-order valence-corrected chi connectivity index (χ3v) is 6.45. The normalized spacial score (nSPS) is 23.5. The smallest absolute Gasteiger partial charge is 0.194 e. The number of hydrogen-bond donors (Lipinski definition) is 1. The van der Waals surface area contributed by atoms with Gasteiger partial charge in [-0.3, -0.25) is 9.80 Å². The molecule has 3 heterocycles. The van der Waals surface area contributed by atoms with Crippen LogP contribution in [0.25, 0.3) is 0 Å². The molecule has 0 aromatic heterocycles. The number of rotatable bonds is 8. The van der Waals surface area contributed by atoms with Gasteiger partial charge in [-0.2, -0.15) is 0 Å². The number of hydrogen-bond acceptors (Lipinski definition) is 6.